The fraction of sp³-hybridized carbons (Fsp3) is 0.667. The van der Waals surface area contributed by atoms with Crippen molar-refractivity contribution < 1.29 is 4.52 Å². The van der Waals surface area contributed by atoms with Crippen molar-refractivity contribution in [2.75, 3.05) is 18.1 Å². The highest BCUT2D eigenvalue weighted by Gasteiger charge is 2.43. The van der Waals surface area contributed by atoms with Gasteiger partial charge in [-0.25, -0.2) is 0 Å². The summed E-state index contributed by atoms with van der Waals surface area (Å²) in [6, 6.07) is 0. The molecular formula is C9H12N2OS. The summed E-state index contributed by atoms with van der Waals surface area (Å²) in [5.74, 6) is 3.58. The molecule has 13 heavy (non-hydrogen) atoms. The molecule has 2 aliphatic rings. The van der Waals surface area contributed by atoms with E-state index in [2.05, 4.69) is 10.5 Å². The van der Waals surface area contributed by atoms with Crippen LogP contribution in [0.4, 0.5) is 0 Å². The van der Waals surface area contributed by atoms with Crippen LogP contribution in [0.1, 0.15) is 17.7 Å². The van der Waals surface area contributed by atoms with Gasteiger partial charge in [-0.2, -0.15) is 11.8 Å². The van der Waals surface area contributed by atoms with Crippen LogP contribution in [0.5, 0.6) is 0 Å². The summed E-state index contributed by atoms with van der Waals surface area (Å²) in [5.41, 5.74) is 1.52. The number of aromatic nitrogens is 1. The minimum Gasteiger partial charge on any atom is -0.360 e. The highest BCUT2D eigenvalue weighted by Crippen LogP contribution is 2.41. The van der Waals surface area contributed by atoms with E-state index in [0.717, 1.165) is 18.8 Å². The molecule has 0 saturated carbocycles. The number of hydrogen-bond donors (Lipinski definition) is 1. The van der Waals surface area contributed by atoms with Gasteiger partial charge in [0.25, 0.3) is 0 Å². The van der Waals surface area contributed by atoms with Crippen LogP contribution < -0.4 is 5.32 Å². The van der Waals surface area contributed by atoms with E-state index in [4.69, 9.17) is 4.52 Å². The Balaban J connectivity index is 2.08. The lowest BCUT2D eigenvalue weighted by atomic mass is 9.81. The Morgan fingerprint density at radius 3 is 3.46 bits per heavy atom. The number of rotatable bonds is 0. The van der Waals surface area contributed by atoms with Gasteiger partial charge in [0.1, 0.15) is 5.76 Å². The molecule has 1 N–H and O–H groups in total. The average Bonchev–Trinajstić information content (AvgIpc) is 2.74. The lowest BCUT2D eigenvalue weighted by Crippen LogP contribution is -2.42. The molecule has 1 aromatic heterocycles. The highest BCUT2D eigenvalue weighted by molar-refractivity contribution is 7.99. The molecule has 1 aromatic rings. The Hall–Kier alpha value is -0.480. The first-order chi connectivity index (χ1) is 6.41. The van der Waals surface area contributed by atoms with Crippen molar-refractivity contribution in [2.24, 2.45) is 0 Å². The summed E-state index contributed by atoms with van der Waals surface area (Å²) in [7, 11) is 0. The summed E-state index contributed by atoms with van der Waals surface area (Å²) >= 11 is 2.02. The second-order valence-corrected chi connectivity index (χ2v) is 4.97. The van der Waals surface area contributed by atoms with E-state index < -0.39 is 0 Å². The Bertz CT molecular complexity index is 317. The van der Waals surface area contributed by atoms with E-state index in [1.54, 1.807) is 0 Å². The smallest absolute Gasteiger partial charge is 0.149 e. The van der Waals surface area contributed by atoms with Gasteiger partial charge in [-0.3, -0.25) is 0 Å². The molecule has 0 bridgehead atoms. The molecule has 3 rings (SSSR count). The van der Waals surface area contributed by atoms with Crippen molar-refractivity contribution in [3.8, 4) is 0 Å². The maximum Gasteiger partial charge on any atom is 0.149 e. The quantitative estimate of drug-likeness (QED) is 0.675. The van der Waals surface area contributed by atoms with Crippen molar-refractivity contribution in [3.05, 3.63) is 17.5 Å². The Morgan fingerprint density at radius 1 is 1.62 bits per heavy atom. The van der Waals surface area contributed by atoms with Crippen molar-refractivity contribution in [1.29, 1.82) is 0 Å². The van der Waals surface area contributed by atoms with Crippen LogP contribution >= 0.6 is 11.8 Å². The normalized spacial score (nSPS) is 32.3. The van der Waals surface area contributed by atoms with Gasteiger partial charge in [0.15, 0.2) is 0 Å². The summed E-state index contributed by atoms with van der Waals surface area (Å²) in [4.78, 5) is 0. The van der Waals surface area contributed by atoms with Gasteiger partial charge < -0.3 is 9.84 Å². The molecule has 0 aromatic carbocycles. The molecule has 1 fully saturated rings. The average molecular weight is 196 g/mol. The number of fused-ring (bicyclic) bond motifs is 2. The molecule has 4 heteroatoms. The first kappa shape index (κ1) is 7.88. The topological polar surface area (TPSA) is 38.1 Å². The maximum atomic E-state index is 5.39. The highest BCUT2D eigenvalue weighted by atomic mass is 32.2. The minimum absolute atomic E-state index is 0.259. The number of nitrogens with zero attached hydrogens (tertiary/aromatic N) is 1. The Labute approximate surface area is 81.2 Å². The first-order valence-corrected chi connectivity index (χ1v) is 5.79. The lowest BCUT2D eigenvalue weighted by Gasteiger charge is -2.30. The fourth-order valence-electron chi connectivity index (χ4n) is 2.27. The van der Waals surface area contributed by atoms with Crippen LogP contribution in [0.25, 0.3) is 0 Å². The summed E-state index contributed by atoms with van der Waals surface area (Å²) < 4.78 is 5.39. The van der Waals surface area contributed by atoms with Gasteiger partial charge in [0.2, 0.25) is 0 Å². The van der Waals surface area contributed by atoms with Crippen molar-refractivity contribution in [2.45, 2.75) is 18.4 Å². The summed E-state index contributed by atoms with van der Waals surface area (Å²) in [5, 5.41) is 7.34. The fourth-order valence-corrected chi connectivity index (χ4v) is 3.71. The van der Waals surface area contributed by atoms with Gasteiger partial charge >= 0.3 is 0 Å². The zero-order chi connectivity index (χ0) is 8.73. The third-order valence-electron chi connectivity index (χ3n) is 3.01. The SMILES string of the molecule is c1noc2c1CNCC21CCSC1. The Kier molecular flexibility index (Phi) is 1.67. The van der Waals surface area contributed by atoms with Crippen LogP contribution in [-0.4, -0.2) is 23.2 Å². The van der Waals surface area contributed by atoms with E-state index in [1.165, 1.54) is 23.5 Å². The first-order valence-electron chi connectivity index (χ1n) is 4.63. The standard InChI is InChI=1S/C9H12N2OS/c1-2-13-6-9(1)5-10-3-7-4-11-12-8(7)9/h4,10H,1-3,5-6H2. The third kappa shape index (κ3) is 1.05. The van der Waals surface area contributed by atoms with E-state index >= 15 is 0 Å². The molecular weight excluding hydrogens is 184 g/mol. The molecule has 2 aliphatic heterocycles. The molecule has 0 aliphatic carbocycles. The molecule has 0 radical (unpaired) electrons. The maximum absolute atomic E-state index is 5.39. The third-order valence-corrected chi connectivity index (χ3v) is 4.26. The zero-order valence-corrected chi connectivity index (χ0v) is 8.19. The van der Waals surface area contributed by atoms with E-state index in [0.29, 0.717) is 0 Å². The molecule has 1 atom stereocenters. The molecule has 3 heterocycles. The van der Waals surface area contributed by atoms with Crippen molar-refractivity contribution >= 4 is 11.8 Å². The van der Waals surface area contributed by atoms with Crippen molar-refractivity contribution in [1.82, 2.24) is 10.5 Å². The zero-order valence-electron chi connectivity index (χ0n) is 7.38. The molecule has 70 valence electrons. The predicted octanol–water partition coefficient (Wildman–Crippen LogP) is 1.15. The molecule has 1 unspecified atom stereocenters. The molecule has 1 saturated heterocycles. The van der Waals surface area contributed by atoms with Gasteiger partial charge in [-0.05, 0) is 12.2 Å². The van der Waals surface area contributed by atoms with Gasteiger partial charge in [0.05, 0.1) is 11.6 Å². The summed E-state index contributed by atoms with van der Waals surface area (Å²) in [6.07, 6.45) is 3.08. The van der Waals surface area contributed by atoms with Crippen LogP contribution in [-0.2, 0) is 12.0 Å². The van der Waals surface area contributed by atoms with E-state index in [1.807, 2.05) is 18.0 Å². The van der Waals surface area contributed by atoms with Crippen LogP contribution in [0, 0.1) is 0 Å². The molecule has 1 spiro atoms. The minimum atomic E-state index is 0.259. The van der Waals surface area contributed by atoms with E-state index in [-0.39, 0.29) is 5.41 Å². The van der Waals surface area contributed by atoms with Crippen molar-refractivity contribution in [3.63, 3.8) is 0 Å². The number of hydrogen-bond acceptors (Lipinski definition) is 4. The second-order valence-electron chi connectivity index (χ2n) is 3.87. The van der Waals surface area contributed by atoms with Gasteiger partial charge in [-0.15, -0.1) is 0 Å². The summed E-state index contributed by atoms with van der Waals surface area (Å²) in [6.45, 7) is 1.98. The number of thioether (sulfide) groups is 1. The molecule has 0 amide bonds. The van der Waals surface area contributed by atoms with E-state index in [9.17, 15) is 0 Å². The van der Waals surface area contributed by atoms with Crippen LogP contribution in [0.3, 0.4) is 0 Å². The number of nitrogens with one attached hydrogen (secondary N) is 1. The van der Waals surface area contributed by atoms with Gasteiger partial charge in [0, 0.05) is 24.4 Å². The van der Waals surface area contributed by atoms with Crippen LogP contribution in [0.15, 0.2) is 10.7 Å². The monoisotopic (exact) mass is 196 g/mol. The predicted molar refractivity (Wildman–Crippen MR) is 51.8 cm³/mol. The molecule has 3 nitrogen and oxygen atoms in total. The second kappa shape index (κ2) is 2.75. The van der Waals surface area contributed by atoms with Gasteiger partial charge in [-0.1, -0.05) is 5.16 Å². The lowest BCUT2D eigenvalue weighted by molar-refractivity contribution is 0.281. The Morgan fingerprint density at radius 2 is 2.62 bits per heavy atom. The largest absolute Gasteiger partial charge is 0.360 e. The van der Waals surface area contributed by atoms with Crippen LogP contribution in [0.2, 0.25) is 0 Å².